The predicted molar refractivity (Wildman–Crippen MR) is 102 cm³/mol. The number of carbonyl (C=O) groups excluding carboxylic acids is 1. The van der Waals surface area contributed by atoms with Crippen molar-refractivity contribution in [2.45, 2.75) is 32.4 Å². The average Bonchev–Trinajstić information content (AvgIpc) is 3.37. The largest absolute Gasteiger partial charge is 0.337 e. The van der Waals surface area contributed by atoms with E-state index in [1.165, 1.54) is 12.1 Å². The summed E-state index contributed by atoms with van der Waals surface area (Å²) in [6.07, 6.45) is 1.65. The van der Waals surface area contributed by atoms with Crippen molar-refractivity contribution in [2.75, 3.05) is 6.54 Å². The summed E-state index contributed by atoms with van der Waals surface area (Å²) in [6.45, 7) is 2.96. The van der Waals surface area contributed by atoms with Crippen LogP contribution in [0.2, 0.25) is 0 Å². The van der Waals surface area contributed by atoms with Crippen LogP contribution in [0.15, 0.2) is 53.1 Å². The Morgan fingerprint density at radius 1 is 1.25 bits per heavy atom. The van der Waals surface area contributed by atoms with E-state index < -0.39 is 0 Å². The van der Waals surface area contributed by atoms with Crippen molar-refractivity contribution in [1.29, 1.82) is 0 Å². The standard InChI is InChI=1S/C21H21FN4O2/c1-14-5-2-3-6-17(14)19-24-20(28-25-19)18-7-4-12-26(18)21(27)23-13-15-8-10-16(22)11-9-15/h2-3,5-6,8-11,18H,4,7,12-13H2,1H3,(H,23,27)/t18-/m1/s1. The molecule has 6 nitrogen and oxygen atoms in total. The molecule has 144 valence electrons. The number of hydrogen-bond acceptors (Lipinski definition) is 4. The van der Waals surface area contributed by atoms with Crippen molar-refractivity contribution in [3.05, 3.63) is 71.4 Å². The lowest BCUT2D eigenvalue weighted by atomic mass is 10.1. The zero-order valence-corrected chi connectivity index (χ0v) is 15.6. The molecule has 0 saturated carbocycles. The third-order valence-electron chi connectivity index (χ3n) is 4.98. The molecule has 3 aromatic rings. The van der Waals surface area contributed by atoms with Crippen LogP contribution in [-0.2, 0) is 6.54 Å². The lowest BCUT2D eigenvalue weighted by Crippen LogP contribution is -2.39. The second-order valence-corrected chi connectivity index (χ2v) is 6.91. The fraction of sp³-hybridized carbons (Fsp3) is 0.286. The monoisotopic (exact) mass is 380 g/mol. The molecule has 1 aliphatic heterocycles. The first kappa shape index (κ1) is 18.2. The summed E-state index contributed by atoms with van der Waals surface area (Å²) in [5.74, 6) is 0.690. The summed E-state index contributed by atoms with van der Waals surface area (Å²) in [6, 6.07) is 13.5. The van der Waals surface area contributed by atoms with Gasteiger partial charge in [-0.05, 0) is 43.0 Å². The van der Waals surface area contributed by atoms with Gasteiger partial charge in [0.25, 0.3) is 0 Å². The summed E-state index contributed by atoms with van der Waals surface area (Å²) >= 11 is 0. The van der Waals surface area contributed by atoms with Gasteiger partial charge in [-0.25, -0.2) is 9.18 Å². The molecule has 4 rings (SSSR count). The quantitative estimate of drug-likeness (QED) is 0.735. The molecule has 0 spiro atoms. The first-order chi connectivity index (χ1) is 13.6. The first-order valence-electron chi connectivity index (χ1n) is 9.30. The summed E-state index contributed by atoms with van der Waals surface area (Å²) in [4.78, 5) is 18.9. The molecule has 2 aromatic carbocycles. The number of carbonyl (C=O) groups is 1. The van der Waals surface area contributed by atoms with Gasteiger partial charge >= 0.3 is 6.03 Å². The second kappa shape index (κ2) is 7.80. The topological polar surface area (TPSA) is 71.3 Å². The molecule has 2 heterocycles. The number of rotatable bonds is 4. The van der Waals surface area contributed by atoms with Crippen LogP contribution in [0, 0.1) is 12.7 Å². The second-order valence-electron chi connectivity index (χ2n) is 6.91. The minimum Gasteiger partial charge on any atom is -0.337 e. The molecule has 0 bridgehead atoms. The Bertz CT molecular complexity index is 971. The van der Waals surface area contributed by atoms with Gasteiger partial charge < -0.3 is 14.7 Å². The number of hydrogen-bond donors (Lipinski definition) is 1. The van der Waals surface area contributed by atoms with Crippen molar-refractivity contribution < 1.29 is 13.7 Å². The van der Waals surface area contributed by atoms with Crippen molar-refractivity contribution >= 4 is 6.03 Å². The van der Waals surface area contributed by atoms with Gasteiger partial charge in [0, 0.05) is 18.7 Å². The summed E-state index contributed by atoms with van der Waals surface area (Å²) in [5, 5.41) is 6.99. The van der Waals surface area contributed by atoms with Crippen LogP contribution in [0.3, 0.4) is 0 Å². The zero-order valence-electron chi connectivity index (χ0n) is 15.6. The van der Waals surface area contributed by atoms with Crippen LogP contribution in [0.25, 0.3) is 11.4 Å². The molecule has 2 amide bonds. The Morgan fingerprint density at radius 2 is 2.04 bits per heavy atom. The van der Waals surface area contributed by atoms with E-state index in [1.54, 1.807) is 17.0 Å². The minimum atomic E-state index is -0.296. The van der Waals surface area contributed by atoms with Crippen molar-refractivity contribution in [2.24, 2.45) is 0 Å². The Hall–Kier alpha value is -3.22. The highest BCUT2D eigenvalue weighted by atomic mass is 19.1. The van der Waals surface area contributed by atoms with Crippen molar-refractivity contribution in [1.82, 2.24) is 20.4 Å². The maximum atomic E-state index is 13.0. The van der Waals surface area contributed by atoms with E-state index in [-0.39, 0.29) is 17.9 Å². The van der Waals surface area contributed by atoms with Crippen LogP contribution in [-0.4, -0.2) is 27.6 Å². The lowest BCUT2D eigenvalue weighted by Gasteiger charge is -2.22. The first-order valence-corrected chi connectivity index (χ1v) is 9.30. The Morgan fingerprint density at radius 3 is 2.82 bits per heavy atom. The lowest BCUT2D eigenvalue weighted by molar-refractivity contribution is 0.180. The fourth-order valence-corrected chi connectivity index (χ4v) is 3.45. The fourth-order valence-electron chi connectivity index (χ4n) is 3.45. The van der Waals surface area contributed by atoms with Crippen LogP contribution in [0.5, 0.6) is 0 Å². The average molecular weight is 380 g/mol. The normalized spacial score (nSPS) is 16.4. The van der Waals surface area contributed by atoms with Gasteiger partial charge in [0.1, 0.15) is 11.9 Å². The minimum absolute atomic E-state index is 0.192. The van der Waals surface area contributed by atoms with Crippen molar-refractivity contribution in [3.8, 4) is 11.4 Å². The van der Waals surface area contributed by atoms with Gasteiger partial charge in [-0.3, -0.25) is 0 Å². The third-order valence-corrected chi connectivity index (χ3v) is 4.98. The number of aryl methyl sites for hydroxylation is 1. The molecule has 7 heteroatoms. The number of nitrogens with one attached hydrogen (secondary N) is 1. The molecule has 1 saturated heterocycles. The van der Waals surface area contributed by atoms with E-state index in [0.717, 1.165) is 29.5 Å². The van der Waals surface area contributed by atoms with E-state index in [0.29, 0.717) is 24.8 Å². The number of likely N-dealkylation sites (tertiary alicyclic amines) is 1. The maximum Gasteiger partial charge on any atom is 0.318 e. The van der Waals surface area contributed by atoms with Gasteiger partial charge in [-0.15, -0.1) is 0 Å². The van der Waals surface area contributed by atoms with E-state index in [4.69, 9.17) is 4.52 Å². The highest BCUT2D eigenvalue weighted by Crippen LogP contribution is 2.32. The molecule has 1 atom stereocenters. The maximum absolute atomic E-state index is 13.0. The molecule has 1 fully saturated rings. The molecule has 1 N–H and O–H groups in total. The molecular weight excluding hydrogens is 359 g/mol. The van der Waals surface area contributed by atoms with Crippen LogP contribution < -0.4 is 5.32 Å². The van der Waals surface area contributed by atoms with Gasteiger partial charge in [0.15, 0.2) is 0 Å². The van der Waals surface area contributed by atoms with E-state index in [9.17, 15) is 9.18 Å². The van der Waals surface area contributed by atoms with Crippen molar-refractivity contribution in [3.63, 3.8) is 0 Å². The number of amides is 2. The number of benzene rings is 2. The third kappa shape index (κ3) is 3.74. The predicted octanol–water partition coefficient (Wildman–Crippen LogP) is 4.23. The Balaban J connectivity index is 1.45. The molecule has 1 aliphatic rings. The SMILES string of the molecule is Cc1ccccc1-c1noc([C@H]2CCCN2C(=O)NCc2ccc(F)cc2)n1. The molecule has 28 heavy (non-hydrogen) atoms. The molecule has 0 radical (unpaired) electrons. The van der Waals surface area contributed by atoms with E-state index >= 15 is 0 Å². The van der Waals surface area contributed by atoms with Gasteiger partial charge in [0.05, 0.1) is 0 Å². The smallest absolute Gasteiger partial charge is 0.318 e. The summed E-state index contributed by atoms with van der Waals surface area (Å²) in [5.41, 5.74) is 2.82. The zero-order chi connectivity index (χ0) is 19.5. The molecule has 0 unspecified atom stereocenters. The molecule has 0 aliphatic carbocycles. The number of urea groups is 1. The van der Waals surface area contributed by atoms with E-state index in [2.05, 4.69) is 15.5 Å². The summed E-state index contributed by atoms with van der Waals surface area (Å²) in [7, 11) is 0. The van der Waals surface area contributed by atoms with Gasteiger partial charge in [-0.2, -0.15) is 4.98 Å². The van der Waals surface area contributed by atoms with Gasteiger partial charge in [0.2, 0.25) is 11.7 Å². The highest BCUT2D eigenvalue weighted by Gasteiger charge is 2.34. The van der Waals surface area contributed by atoms with Crippen LogP contribution in [0.4, 0.5) is 9.18 Å². The highest BCUT2D eigenvalue weighted by molar-refractivity contribution is 5.75. The number of aromatic nitrogens is 2. The molecule has 1 aromatic heterocycles. The summed E-state index contributed by atoms with van der Waals surface area (Å²) < 4.78 is 18.5. The molecular formula is C21H21FN4O2. The van der Waals surface area contributed by atoms with E-state index in [1.807, 2.05) is 31.2 Å². The number of halogens is 1. The Kier molecular flexibility index (Phi) is 5.06. The van der Waals surface area contributed by atoms with Crippen LogP contribution in [0.1, 0.15) is 35.9 Å². The van der Waals surface area contributed by atoms with Gasteiger partial charge in [-0.1, -0.05) is 41.6 Å². The van der Waals surface area contributed by atoms with Crippen LogP contribution >= 0.6 is 0 Å². The number of nitrogens with zero attached hydrogens (tertiary/aromatic N) is 3. The Labute approximate surface area is 162 Å².